The summed E-state index contributed by atoms with van der Waals surface area (Å²) in [7, 11) is 1.57. The van der Waals surface area contributed by atoms with E-state index in [0.717, 1.165) is 5.56 Å². The number of rotatable bonds is 8. The van der Waals surface area contributed by atoms with Crippen molar-refractivity contribution in [2.24, 2.45) is 10.9 Å². The van der Waals surface area contributed by atoms with Crippen molar-refractivity contribution in [2.75, 3.05) is 7.11 Å². The second-order valence-corrected chi connectivity index (χ2v) is 8.15. The van der Waals surface area contributed by atoms with Crippen molar-refractivity contribution in [1.82, 2.24) is 5.32 Å². The molecule has 0 saturated carbocycles. The summed E-state index contributed by atoms with van der Waals surface area (Å²) in [4.78, 5) is 29.8. The fourth-order valence-corrected chi connectivity index (χ4v) is 4.07. The molecule has 1 aliphatic heterocycles. The molecule has 8 heteroatoms. The molecule has 6 nitrogen and oxygen atoms in total. The largest absolute Gasteiger partial charge is 0.497 e. The number of benzene rings is 3. The number of hydrogen-bond acceptors (Lipinski definition) is 4. The first kappa shape index (κ1) is 24.1. The highest BCUT2D eigenvalue weighted by molar-refractivity contribution is 6.09. The second-order valence-electron chi connectivity index (χ2n) is 8.15. The highest BCUT2D eigenvalue weighted by atomic mass is 19.1. The van der Waals surface area contributed by atoms with Crippen LogP contribution in [0.2, 0.25) is 0 Å². The molecule has 2 amide bonds. The molecule has 0 aliphatic carbocycles. The van der Waals surface area contributed by atoms with E-state index in [2.05, 4.69) is 10.3 Å². The van der Waals surface area contributed by atoms with Gasteiger partial charge < -0.3 is 14.8 Å². The number of hydrogen-bond donors (Lipinski definition) is 1. The number of nitrogens with one attached hydrogen (secondary N) is 1. The van der Waals surface area contributed by atoms with E-state index in [0.29, 0.717) is 35.4 Å². The van der Waals surface area contributed by atoms with Gasteiger partial charge in [-0.05, 0) is 65.9 Å². The van der Waals surface area contributed by atoms with Gasteiger partial charge in [0.1, 0.15) is 29.9 Å². The fourth-order valence-electron chi connectivity index (χ4n) is 4.07. The average Bonchev–Trinajstić information content (AvgIpc) is 2.86. The molecule has 0 fully saturated rings. The first-order chi connectivity index (χ1) is 16.9. The van der Waals surface area contributed by atoms with Gasteiger partial charge in [0.25, 0.3) is 0 Å². The van der Waals surface area contributed by atoms with Crippen LogP contribution in [0.3, 0.4) is 0 Å². The van der Waals surface area contributed by atoms with Crippen LogP contribution in [0.25, 0.3) is 0 Å². The topological polar surface area (TPSA) is 77.0 Å². The van der Waals surface area contributed by atoms with Gasteiger partial charge in [-0.25, -0.2) is 18.6 Å². The maximum absolute atomic E-state index is 14.0. The Balaban J connectivity index is 1.60. The van der Waals surface area contributed by atoms with Crippen LogP contribution in [0.1, 0.15) is 29.2 Å². The molecule has 35 heavy (non-hydrogen) atoms. The van der Waals surface area contributed by atoms with Crippen molar-refractivity contribution in [3.63, 3.8) is 0 Å². The molecular formula is C27H24F2N2O4. The summed E-state index contributed by atoms with van der Waals surface area (Å²) >= 11 is 0. The van der Waals surface area contributed by atoms with E-state index in [1.165, 1.54) is 36.4 Å². The number of carbonyl (C=O) groups excluding carboxylic acids is 2. The molecule has 1 N–H and O–H groups in total. The number of aryl methyl sites for hydroxylation is 1. The lowest BCUT2D eigenvalue weighted by molar-refractivity contribution is -0.148. The van der Waals surface area contributed by atoms with Crippen LogP contribution in [0, 0.1) is 17.6 Å². The number of halogens is 2. The number of ether oxygens (including phenoxy) is 2. The molecule has 0 saturated heterocycles. The van der Waals surface area contributed by atoms with Gasteiger partial charge in [-0.15, -0.1) is 0 Å². The molecule has 2 unspecified atom stereocenters. The van der Waals surface area contributed by atoms with Gasteiger partial charge >= 0.3 is 12.0 Å². The van der Waals surface area contributed by atoms with Gasteiger partial charge in [0.15, 0.2) is 0 Å². The number of urea groups is 1. The van der Waals surface area contributed by atoms with Crippen LogP contribution in [0.15, 0.2) is 77.8 Å². The Morgan fingerprint density at radius 1 is 0.943 bits per heavy atom. The van der Waals surface area contributed by atoms with Gasteiger partial charge in [-0.3, -0.25) is 4.79 Å². The molecule has 3 aromatic carbocycles. The molecule has 1 aliphatic rings. The zero-order chi connectivity index (χ0) is 24.8. The molecule has 0 spiro atoms. The second kappa shape index (κ2) is 10.9. The van der Waals surface area contributed by atoms with Gasteiger partial charge in [0.2, 0.25) is 0 Å². The maximum atomic E-state index is 14.0. The van der Waals surface area contributed by atoms with E-state index in [1.54, 1.807) is 19.2 Å². The molecular weight excluding hydrogens is 454 g/mol. The predicted octanol–water partition coefficient (Wildman–Crippen LogP) is 5.17. The predicted molar refractivity (Wildman–Crippen MR) is 126 cm³/mol. The molecule has 0 radical (unpaired) electrons. The molecule has 3 aromatic rings. The van der Waals surface area contributed by atoms with Crippen molar-refractivity contribution in [1.29, 1.82) is 0 Å². The monoisotopic (exact) mass is 478 g/mol. The minimum Gasteiger partial charge on any atom is -0.497 e. The third kappa shape index (κ3) is 6.09. The first-order valence-corrected chi connectivity index (χ1v) is 11.1. The molecule has 4 rings (SSSR count). The van der Waals surface area contributed by atoms with Crippen molar-refractivity contribution in [3.05, 3.63) is 101 Å². The molecule has 0 aromatic heterocycles. The van der Waals surface area contributed by atoms with Gasteiger partial charge in [-0.1, -0.05) is 36.4 Å². The van der Waals surface area contributed by atoms with Crippen molar-refractivity contribution < 1.29 is 27.8 Å². The minimum absolute atomic E-state index is 0.153. The van der Waals surface area contributed by atoms with Crippen LogP contribution in [0.4, 0.5) is 13.6 Å². The van der Waals surface area contributed by atoms with E-state index in [4.69, 9.17) is 9.47 Å². The van der Waals surface area contributed by atoms with E-state index >= 15 is 0 Å². The number of aliphatic imine (C=N–C) groups is 1. The summed E-state index contributed by atoms with van der Waals surface area (Å²) in [5, 5.41) is 2.67. The number of amides is 2. The van der Waals surface area contributed by atoms with Crippen LogP contribution < -0.4 is 10.1 Å². The average molecular weight is 478 g/mol. The Morgan fingerprint density at radius 2 is 1.66 bits per heavy atom. The summed E-state index contributed by atoms with van der Waals surface area (Å²) in [6.45, 7) is -0.153. The van der Waals surface area contributed by atoms with E-state index in [9.17, 15) is 18.4 Å². The van der Waals surface area contributed by atoms with E-state index < -0.39 is 35.6 Å². The third-order valence-electron chi connectivity index (χ3n) is 5.75. The Labute approximate surface area is 201 Å². The summed E-state index contributed by atoms with van der Waals surface area (Å²) < 4.78 is 38.3. The molecule has 2 atom stereocenters. The third-order valence-corrected chi connectivity index (χ3v) is 5.75. The van der Waals surface area contributed by atoms with E-state index in [-0.39, 0.29) is 6.61 Å². The fraction of sp³-hybridized carbons (Fsp3) is 0.222. The molecule has 180 valence electrons. The Bertz CT molecular complexity index is 1260. The number of carbonyl (C=O) groups is 2. The number of esters is 1. The van der Waals surface area contributed by atoms with Crippen molar-refractivity contribution in [3.8, 4) is 5.75 Å². The summed E-state index contributed by atoms with van der Waals surface area (Å²) in [6, 6.07) is 17.4. The van der Waals surface area contributed by atoms with Gasteiger partial charge in [0, 0.05) is 5.71 Å². The van der Waals surface area contributed by atoms with Gasteiger partial charge in [0.05, 0.1) is 13.2 Å². The SMILES string of the molecule is COc1cccc(CCC2=NC(=O)NC(c3cccc(F)c3)C2C(=O)OCc2cccc(F)c2)c1. The normalized spacial score (nSPS) is 17.3. The number of methoxy groups -OCH3 is 1. The Hall–Kier alpha value is -4.07. The van der Waals surface area contributed by atoms with Crippen LogP contribution in [0.5, 0.6) is 5.75 Å². The van der Waals surface area contributed by atoms with Crippen LogP contribution >= 0.6 is 0 Å². The minimum atomic E-state index is -0.978. The molecule has 0 bridgehead atoms. The quantitative estimate of drug-likeness (QED) is 0.453. The molecule has 1 heterocycles. The van der Waals surface area contributed by atoms with Crippen molar-refractivity contribution >= 4 is 17.7 Å². The standard InChI is InChI=1S/C27H24F2N2O4/c1-34-22-10-3-5-17(14-22)11-12-23-24(26(32)35-16-18-6-2-8-20(28)13-18)25(31-27(33)30-23)19-7-4-9-21(29)15-19/h2-10,13-15,24-25H,11-12,16H2,1H3,(H,31,33). The highest BCUT2D eigenvalue weighted by Crippen LogP contribution is 2.30. The first-order valence-electron chi connectivity index (χ1n) is 11.1. The van der Waals surface area contributed by atoms with Crippen LogP contribution in [-0.4, -0.2) is 24.8 Å². The van der Waals surface area contributed by atoms with E-state index in [1.807, 2.05) is 24.3 Å². The summed E-state index contributed by atoms with van der Waals surface area (Å²) in [5.41, 5.74) is 2.16. The Morgan fingerprint density at radius 3 is 2.40 bits per heavy atom. The van der Waals surface area contributed by atoms with Crippen molar-refractivity contribution in [2.45, 2.75) is 25.5 Å². The summed E-state index contributed by atoms with van der Waals surface area (Å²) in [6.07, 6.45) is 0.791. The lowest BCUT2D eigenvalue weighted by atomic mass is 9.85. The lowest BCUT2D eigenvalue weighted by Gasteiger charge is -2.31. The van der Waals surface area contributed by atoms with Crippen LogP contribution in [-0.2, 0) is 22.6 Å². The number of nitrogens with zero attached hydrogens (tertiary/aromatic N) is 1. The van der Waals surface area contributed by atoms with Gasteiger partial charge in [-0.2, -0.15) is 0 Å². The summed E-state index contributed by atoms with van der Waals surface area (Å²) in [5.74, 6) is -1.87. The maximum Gasteiger partial charge on any atom is 0.341 e. The Kier molecular flexibility index (Phi) is 7.50. The highest BCUT2D eigenvalue weighted by Gasteiger charge is 2.39. The zero-order valence-corrected chi connectivity index (χ0v) is 19.0. The smallest absolute Gasteiger partial charge is 0.341 e. The zero-order valence-electron chi connectivity index (χ0n) is 19.0. The lowest BCUT2D eigenvalue weighted by Crippen LogP contribution is -2.45.